The van der Waals surface area contributed by atoms with E-state index in [2.05, 4.69) is 15.5 Å². The molecule has 3 rings (SSSR count). The van der Waals surface area contributed by atoms with Crippen molar-refractivity contribution in [2.45, 2.75) is 50.7 Å². The molecule has 10 heteroatoms. The highest BCUT2D eigenvalue weighted by molar-refractivity contribution is 6.34. The van der Waals surface area contributed by atoms with Crippen molar-refractivity contribution in [3.05, 3.63) is 35.4 Å². The van der Waals surface area contributed by atoms with E-state index < -0.39 is 23.9 Å². The predicted octanol–water partition coefficient (Wildman–Crippen LogP) is 0.661. The summed E-state index contributed by atoms with van der Waals surface area (Å²) in [4.78, 5) is 52.4. The minimum Gasteiger partial charge on any atom is -0.361 e. The number of primary amides is 1. The lowest BCUT2D eigenvalue weighted by atomic mass is 9.81. The number of benzene rings is 1. The maximum atomic E-state index is 12.9. The summed E-state index contributed by atoms with van der Waals surface area (Å²) in [5, 5.41) is 5.56. The summed E-state index contributed by atoms with van der Waals surface area (Å²) in [6, 6.07) is 6.54. The minimum atomic E-state index is -1.07. The largest absolute Gasteiger partial charge is 0.361 e. The molecule has 33 heavy (non-hydrogen) atoms. The zero-order chi connectivity index (χ0) is 23.3. The van der Waals surface area contributed by atoms with Gasteiger partial charge in [-0.15, -0.1) is 12.4 Å². The molecule has 0 bridgehead atoms. The van der Waals surface area contributed by atoms with Gasteiger partial charge in [-0.05, 0) is 62.9 Å². The second-order valence-corrected chi connectivity index (χ2v) is 8.95. The van der Waals surface area contributed by atoms with Gasteiger partial charge in [0, 0.05) is 38.2 Å². The Labute approximate surface area is 200 Å². The van der Waals surface area contributed by atoms with Gasteiger partial charge >= 0.3 is 11.8 Å². The van der Waals surface area contributed by atoms with Crippen LogP contribution in [-0.2, 0) is 20.9 Å². The second kappa shape index (κ2) is 12.0. The monoisotopic (exact) mass is 479 g/mol. The third kappa shape index (κ3) is 7.17. The summed E-state index contributed by atoms with van der Waals surface area (Å²) in [7, 11) is 3.39. The third-order valence-corrected chi connectivity index (χ3v) is 6.32. The van der Waals surface area contributed by atoms with Gasteiger partial charge in [-0.25, -0.2) is 0 Å². The first-order valence-electron chi connectivity index (χ1n) is 11.2. The van der Waals surface area contributed by atoms with Crippen LogP contribution in [0.1, 0.15) is 48.0 Å². The number of amides is 4. The van der Waals surface area contributed by atoms with Crippen molar-refractivity contribution < 1.29 is 19.2 Å². The van der Waals surface area contributed by atoms with E-state index in [0.717, 1.165) is 25.2 Å². The van der Waals surface area contributed by atoms with Gasteiger partial charge in [0.05, 0.1) is 6.04 Å². The van der Waals surface area contributed by atoms with E-state index in [1.807, 2.05) is 12.1 Å². The van der Waals surface area contributed by atoms with Crippen LogP contribution in [0.3, 0.4) is 0 Å². The molecule has 0 radical (unpaired) electrons. The van der Waals surface area contributed by atoms with Crippen molar-refractivity contribution >= 4 is 36.0 Å². The molecule has 3 atom stereocenters. The standard InChI is InChI=1S/C23H33N5O4.ClH/c1-27(2)23(32)17-9-10-18(25-22(31)20(24)29)19(13-17)26-21(30)16-7-5-15(6-8-16)14-28-11-3-4-12-28;/h5-8,17-19H,3-4,9-14H2,1-2H3,(H2,24,29)(H,25,31)(H,26,30);1H/t17-,18-,19+;/m0./s1. The number of nitrogens with zero attached hydrogens (tertiary/aromatic N) is 2. The quantitative estimate of drug-likeness (QED) is 0.517. The summed E-state index contributed by atoms with van der Waals surface area (Å²) in [6.45, 7) is 3.09. The molecule has 0 unspecified atom stereocenters. The fourth-order valence-electron chi connectivity index (χ4n) is 4.54. The number of carbonyl (C=O) groups is 4. The molecule has 2 aliphatic rings. The van der Waals surface area contributed by atoms with Gasteiger partial charge in [0.25, 0.3) is 5.91 Å². The number of carbonyl (C=O) groups excluding carboxylic acids is 4. The van der Waals surface area contributed by atoms with Gasteiger partial charge in [-0.2, -0.15) is 0 Å². The maximum Gasteiger partial charge on any atom is 0.309 e. The molecule has 1 saturated heterocycles. The number of likely N-dealkylation sites (tertiary alicyclic amines) is 1. The first-order chi connectivity index (χ1) is 15.2. The topological polar surface area (TPSA) is 125 Å². The van der Waals surface area contributed by atoms with Crippen LogP contribution in [-0.4, -0.2) is 72.7 Å². The molecular weight excluding hydrogens is 446 g/mol. The van der Waals surface area contributed by atoms with Crippen LogP contribution in [0.2, 0.25) is 0 Å². The average molecular weight is 480 g/mol. The van der Waals surface area contributed by atoms with E-state index in [0.29, 0.717) is 24.8 Å². The van der Waals surface area contributed by atoms with Gasteiger partial charge in [0.15, 0.2) is 0 Å². The highest BCUT2D eigenvalue weighted by Crippen LogP contribution is 2.26. The summed E-state index contributed by atoms with van der Waals surface area (Å²) < 4.78 is 0. The van der Waals surface area contributed by atoms with E-state index in [1.165, 1.54) is 17.7 Å². The number of halogens is 1. The van der Waals surface area contributed by atoms with Crippen LogP contribution < -0.4 is 16.4 Å². The lowest BCUT2D eigenvalue weighted by Gasteiger charge is -2.37. The normalized spacial score (nSPS) is 22.7. The van der Waals surface area contributed by atoms with Crippen molar-refractivity contribution in [2.75, 3.05) is 27.2 Å². The van der Waals surface area contributed by atoms with E-state index in [1.54, 1.807) is 26.2 Å². The number of hydrogen-bond acceptors (Lipinski definition) is 5. The lowest BCUT2D eigenvalue weighted by Crippen LogP contribution is -2.57. The summed E-state index contributed by atoms with van der Waals surface area (Å²) in [6.07, 6.45) is 3.85. The number of hydrogen-bond donors (Lipinski definition) is 3. The number of nitrogens with two attached hydrogens (primary N) is 1. The highest BCUT2D eigenvalue weighted by Gasteiger charge is 2.36. The van der Waals surface area contributed by atoms with Crippen molar-refractivity contribution in [3.8, 4) is 0 Å². The van der Waals surface area contributed by atoms with Gasteiger partial charge in [-0.1, -0.05) is 12.1 Å². The van der Waals surface area contributed by atoms with E-state index in [4.69, 9.17) is 5.73 Å². The zero-order valence-corrected chi connectivity index (χ0v) is 20.0. The van der Waals surface area contributed by atoms with Crippen molar-refractivity contribution in [1.29, 1.82) is 0 Å². The number of nitrogens with one attached hydrogen (secondary N) is 2. The predicted molar refractivity (Wildman–Crippen MR) is 127 cm³/mol. The smallest absolute Gasteiger partial charge is 0.309 e. The number of rotatable bonds is 6. The molecule has 1 aromatic carbocycles. The maximum absolute atomic E-state index is 12.9. The minimum absolute atomic E-state index is 0. The van der Waals surface area contributed by atoms with E-state index in [9.17, 15) is 19.2 Å². The molecule has 9 nitrogen and oxygen atoms in total. The molecule has 0 spiro atoms. The molecule has 1 aliphatic carbocycles. The zero-order valence-electron chi connectivity index (χ0n) is 19.2. The molecule has 1 aliphatic heterocycles. The van der Waals surface area contributed by atoms with Crippen LogP contribution in [0.15, 0.2) is 24.3 Å². The lowest BCUT2D eigenvalue weighted by molar-refractivity contribution is -0.138. The SMILES string of the molecule is CN(C)C(=O)[C@H]1CC[C@H](NC(=O)C(N)=O)[C@H](NC(=O)c2ccc(CN3CCCC3)cc2)C1.Cl. The molecule has 1 heterocycles. The summed E-state index contributed by atoms with van der Waals surface area (Å²) in [5.74, 6) is -2.53. The molecule has 4 N–H and O–H groups in total. The Kier molecular flexibility index (Phi) is 9.67. The van der Waals surface area contributed by atoms with Crippen molar-refractivity contribution in [2.24, 2.45) is 11.7 Å². The summed E-state index contributed by atoms with van der Waals surface area (Å²) >= 11 is 0. The molecule has 0 aromatic heterocycles. The second-order valence-electron chi connectivity index (χ2n) is 8.95. The Morgan fingerprint density at radius 2 is 1.64 bits per heavy atom. The van der Waals surface area contributed by atoms with E-state index >= 15 is 0 Å². The van der Waals surface area contributed by atoms with Crippen LogP contribution in [0, 0.1) is 5.92 Å². The van der Waals surface area contributed by atoms with Crippen LogP contribution in [0.5, 0.6) is 0 Å². The third-order valence-electron chi connectivity index (χ3n) is 6.32. The van der Waals surface area contributed by atoms with Crippen LogP contribution >= 0.6 is 12.4 Å². The van der Waals surface area contributed by atoms with Crippen LogP contribution in [0.25, 0.3) is 0 Å². The Balaban J connectivity index is 0.00000385. The van der Waals surface area contributed by atoms with Crippen molar-refractivity contribution in [1.82, 2.24) is 20.4 Å². The molecule has 1 aromatic rings. The molecule has 1 saturated carbocycles. The van der Waals surface area contributed by atoms with Gasteiger partial charge in [0.2, 0.25) is 5.91 Å². The first-order valence-corrected chi connectivity index (χ1v) is 11.2. The highest BCUT2D eigenvalue weighted by atomic mass is 35.5. The Morgan fingerprint density at radius 3 is 2.21 bits per heavy atom. The Morgan fingerprint density at radius 1 is 1.00 bits per heavy atom. The molecule has 182 valence electrons. The fourth-order valence-corrected chi connectivity index (χ4v) is 4.54. The summed E-state index contributed by atoms with van der Waals surface area (Å²) in [5.41, 5.74) is 6.74. The van der Waals surface area contributed by atoms with Gasteiger partial charge in [-0.3, -0.25) is 24.1 Å². The molecular formula is C23H34ClN5O4. The Hall–Kier alpha value is -2.65. The average Bonchev–Trinajstić information content (AvgIpc) is 3.27. The van der Waals surface area contributed by atoms with Gasteiger partial charge < -0.3 is 21.3 Å². The molecule has 2 fully saturated rings. The Bertz CT molecular complexity index is 855. The fraction of sp³-hybridized carbons (Fsp3) is 0.565. The molecule has 4 amide bonds. The van der Waals surface area contributed by atoms with Crippen LogP contribution in [0.4, 0.5) is 0 Å². The van der Waals surface area contributed by atoms with E-state index in [-0.39, 0.29) is 30.1 Å². The first kappa shape index (κ1) is 26.6. The van der Waals surface area contributed by atoms with Gasteiger partial charge in [0.1, 0.15) is 0 Å². The van der Waals surface area contributed by atoms with Crippen molar-refractivity contribution in [3.63, 3.8) is 0 Å².